The van der Waals surface area contributed by atoms with Gasteiger partial charge in [0.05, 0.1) is 13.7 Å². The first-order valence-electron chi connectivity index (χ1n) is 9.91. The summed E-state index contributed by atoms with van der Waals surface area (Å²) in [6, 6.07) is 6.01. The molecule has 0 radical (unpaired) electrons. The highest BCUT2D eigenvalue weighted by Gasteiger charge is 2.12. The molecule has 0 aliphatic heterocycles. The highest BCUT2D eigenvalue weighted by molar-refractivity contribution is 5.80. The maximum absolute atomic E-state index is 5.92. The molecule has 1 aromatic rings. The van der Waals surface area contributed by atoms with Crippen molar-refractivity contribution in [3.63, 3.8) is 0 Å². The van der Waals surface area contributed by atoms with Crippen molar-refractivity contribution in [3.8, 4) is 11.5 Å². The average molecular weight is 379 g/mol. The summed E-state index contributed by atoms with van der Waals surface area (Å²) in [7, 11) is 1.67. The van der Waals surface area contributed by atoms with Gasteiger partial charge in [-0.3, -0.25) is 0 Å². The van der Waals surface area contributed by atoms with E-state index in [1.807, 2.05) is 18.2 Å². The number of likely N-dealkylation sites (N-methyl/N-ethyl adjacent to an activating group) is 1. The van der Waals surface area contributed by atoms with Gasteiger partial charge in [0.15, 0.2) is 17.5 Å². The predicted molar refractivity (Wildman–Crippen MR) is 114 cm³/mol. The molecule has 1 rings (SSSR count). The van der Waals surface area contributed by atoms with E-state index < -0.39 is 0 Å². The van der Waals surface area contributed by atoms with Gasteiger partial charge in [-0.1, -0.05) is 19.9 Å². The van der Waals surface area contributed by atoms with Gasteiger partial charge in [-0.25, -0.2) is 4.99 Å². The van der Waals surface area contributed by atoms with Gasteiger partial charge in [-0.05, 0) is 58.5 Å². The highest BCUT2D eigenvalue weighted by Crippen LogP contribution is 2.28. The molecule has 0 amide bonds. The van der Waals surface area contributed by atoms with E-state index in [9.17, 15) is 0 Å². The Morgan fingerprint density at radius 1 is 1.11 bits per heavy atom. The fourth-order valence-corrected chi connectivity index (χ4v) is 2.59. The SMILES string of the molecule is CCNC(=NCc1ccc(OCCN(CC)CC)c(OC)c1)NC(C)(C)C. The van der Waals surface area contributed by atoms with Crippen molar-refractivity contribution in [2.24, 2.45) is 4.99 Å². The number of aliphatic imine (C=N–C) groups is 1. The van der Waals surface area contributed by atoms with Crippen molar-refractivity contribution in [1.29, 1.82) is 0 Å². The van der Waals surface area contributed by atoms with E-state index >= 15 is 0 Å². The summed E-state index contributed by atoms with van der Waals surface area (Å²) in [5.41, 5.74) is 1.04. The van der Waals surface area contributed by atoms with Gasteiger partial charge < -0.3 is 25.0 Å². The zero-order valence-corrected chi connectivity index (χ0v) is 18.2. The molecule has 6 heteroatoms. The minimum absolute atomic E-state index is 0.0404. The van der Waals surface area contributed by atoms with Crippen LogP contribution in [0.2, 0.25) is 0 Å². The lowest BCUT2D eigenvalue weighted by Crippen LogP contribution is -2.47. The third-order valence-electron chi connectivity index (χ3n) is 4.04. The number of ether oxygens (including phenoxy) is 2. The zero-order valence-electron chi connectivity index (χ0n) is 18.2. The second kappa shape index (κ2) is 11.7. The minimum atomic E-state index is -0.0404. The molecule has 27 heavy (non-hydrogen) atoms. The Labute approximate surface area is 165 Å². The number of nitrogens with one attached hydrogen (secondary N) is 2. The Hall–Kier alpha value is -1.95. The highest BCUT2D eigenvalue weighted by atomic mass is 16.5. The van der Waals surface area contributed by atoms with Crippen LogP contribution < -0.4 is 20.1 Å². The smallest absolute Gasteiger partial charge is 0.191 e. The summed E-state index contributed by atoms with van der Waals surface area (Å²) in [5, 5.41) is 6.67. The summed E-state index contributed by atoms with van der Waals surface area (Å²) in [6.07, 6.45) is 0. The number of hydrogen-bond acceptors (Lipinski definition) is 4. The second-order valence-corrected chi connectivity index (χ2v) is 7.43. The molecular formula is C21H38N4O2. The van der Waals surface area contributed by atoms with Gasteiger partial charge in [0.2, 0.25) is 0 Å². The molecule has 0 atom stereocenters. The number of guanidine groups is 1. The molecule has 0 aliphatic rings. The lowest BCUT2D eigenvalue weighted by Gasteiger charge is -2.23. The van der Waals surface area contributed by atoms with Crippen LogP contribution in [0.5, 0.6) is 11.5 Å². The Kier molecular flexibility index (Phi) is 10.0. The standard InChI is InChI=1S/C21H38N4O2/c1-8-22-20(24-21(4,5)6)23-16-17-11-12-18(19(15-17)26-7)27-14-13-25(9-2)10-3/h11-12,15H,8-10,13-14,16H2,1-7H3,(H2,22,23,24). The summed E-state index contributed by atoms with van der Waals surface area (Å²) < 4.78 is 11.4. The van der Waals surface area contributed by atoms with Crippen LogP contribution in [-0.4, -0.2) is 56.3 Å². The summed E-state index contributed by atoms with van der Waals surface area (Å²) in [6.45, 7) is 17.8. The summed E-state index contributed by atoms with van der Waals surface area (Å²) in [4.78, 5) is 7.01. The van der Waals surface area contributed by atoms with Crippen molar-refractivity contribution in [2.45, 2.75) is 53.6 Å². The third kappa shape index (κ3) is 9.00. The van der Waals surface area contributed by atoms with Gasteiger partial charge in [0, 0.05) is 18.6 Å². The molecule has 0 saturated heterocycles. The molecule has 2 N–H and O–H groups in total. The van der Waals surface area contributed by atoms with Crippen LogP contribution in [-0.2, 0) is 6.54 Å². The maximum Gasteiger partial charge on any atom is 0.191 e. The van der Waals surface area contributed by atoms with Crippen molar-refractivity contribution >= 4 is 5.96 Å². The Morgan fingerprint density at radius 2 is 1.81 bits per heavy atom. The molecule has 0 aliphatic carbocycles. The van der Waals surface area contributed by atoms with Crippen LogP contribution in [0.4, 0.5) is 0 Å². The van der Waals surface area contributed by atoms with Crippen molar-refractivity contribution in [2.75, 3.05) is 39.9 Å². The van der Waals surface area contributed by atoms with Gasteiger partial charge in [-0.2, -0.15) is 0 Å². The first kappa shape index (κ1) is 23.1. The van der Waals surface area contributed by atoms with Crippen LogP contribution >= 0.6 is 0 Å². The average Bonchev–Trinajstić information content (AvgIpc) is 2.63. The quantitative estimate of drug-likeness (QED) is 0.483. The lowest BCUT2D eigenvalue weighted by atomic mass is 10.1. The van der Waals surface area contributed by atoms with Crippen molar-refractivity contribution < 1.29 is 9.47 Å². The van der Waals surface area contributed by atoms with Crippen LogP contribution in [0.15, 0.2) is 23.2 Å². The molecule has 6 nitrogen and oxygen atoms in total. The monoisotopic (exact) mass is 378 g/mol. The topological polar surface area (TPSA) is 58.1 Å². The molecule has 154 valence electrons. The largest absolute Gasteiger partial charge is 0.493 e. The normalized spacial score (nSPS) is 12.2. The van der Waals surface area contributed by atoms with Gasteiger partial charge >= 0.3 is 0 Å². The lowest BCUT2D eigenvalue weighted by molar-refractivity contribution is 0.217. The Bertz CT molecular complexity index is 578. The maximum atomic E-state index is 5.92. The summed E-state index contributed by atoms with van der Waals surface area (Å²) >= 11 is 0. The first-order valence-corrected chi connectivity index (χ1v) is 9.91. The number of benzene rings is 1. The van der Waals surface area contributed by atoms with E-state index in [0.717, 1.165) is 49.2 Å². The van der Waals surface area contributed by atoms with Crippen molar-refractivity contribution in [3.05, 3.63) is 23.8 Å². The summed E-state index contributed by atoms with van der Waals surface area (Å²) in [5.74, 6) is 2.33. The van der Waals surface area contributed by atoms with E-state index in [2.05, 4.69) is 62.1 Å². The van der Waals surface area contributed by atoms with Crippen LogP contribution in [0.25, 0.3) is 0 Å². The molecule has 0 heterocycles. The number of rotatable bonds is 10. The van der Waals surface area contributed by atoms with Crippen LogP contribution in [0, 0.1) is 0 Å². The minimum Gasteiger partial charge on any atom is -0.493 e. The Balaban J connectivity index is 2.76. The van der Waals surface area contributed by atoms with E-state index in [4.69, 9.17) is 9.47 Å². The number of hydrogen-bond donors (Lipinski definition) is 2. The number of nitrogens with zero attached hydrogens (tertiary/aromatic N) is 2. The molecule has 0 aromatic heterocycles. The molecule has 0 bridgehead atoms. The molecule has 0 unspecified atom stereocenters. The third-order valence-corrected chi connectivity index (χ3v) is 4.04. The fourth-order valence-electron chi connectivity index (χ4n) is 2.59. The predicted octanol–water partition coefficient (Wildman–Crippen LogP) is 3.27. The molecule has 0 spiro atoms. The second-order valence-electron chi connectivity index (χ2n) is 7.43. The van der Waals surface area contributed by atoms with Crippen LogP contribution in [0.3, 0.4) is 0 Å². The van der Waals surface area contributed by atoms with Gasteiger partial charge in [0.1, 0.15) is 6.61 Å². The van der Waals surface area contributed by atoms with E-state index in [1.165, 1.54) is 0 Å². The van der Waals surface area contributed by atoms with E-state index in [-0.39, 0.29) is 5.54 Å². The molecule has 0 fully saturated rings. The fraction of sp³-hybridized carbons (Fsp3) is 0.667. The number of methoxy groups -OCH3 is 1. The Morgan fingerprint density at radius 3 is 2.37 bits per heavy atom. The zero-order chi connectivity index (χ0) is 20.3. The molecular weight excluding hydrogens is 340 g/mol. The van der Waals surface area contributed by atoms with E-state index in [1.54, 1.807) is 7.11 Å². The van der Waals surface area contributed by atoms with Crippen molar-refractivity contribution in [1.82, 2.24) is 15.5 Å². The first-order chi connectivity index (χ1) is 12.8. The van der Waals surface area contributed by atoms with Gasteiger partial charge in [-0.15, -0.1) is 0 Å². The van der Waals surface area contributed by atoms with Crippen LogP contribution in [0.1, 0.15) is 47.1 Å². The van der Waals surface area contributed by atoms with Gasteiger partial charge in [0.25, 0.3) is 0 Å². The van der Waals surface area contributed by atoms with E-state index in [0.29, 0.717) is 13.2 Å². The molecule has 0 saturated carbocycles. The molecule has 1 aromatic carbocycles.